The van der Waals surface area contributed by atoms with E-state index in [4.69, 9.17) is 4.74 Å². The van der Waals surface area contributed by atoms with Crippen molar-refractivity contribution in [2.24, 2.45) is 5.92 Å². The minimum absolute atomic E-state index is 0.0460. The molecule has 2 aromatic heterocycles. The Balaban J connectivity index is 1.34. The molecule has 6 heteroatoms. The van der Waals surface area contributed by atoms with Gasteiger partial charge in [-0.3, -0.25) is 14.7 Å². The van der Waals surface area contributed by atoms with Gasteiger partial charge in [0.05, 0.1) is 17.5 Å². The highest BCUT2D eigenvalue weighted by atomic mass is 32.1. The molecule has 25 heavy (non-hydrogen) atoms. The van der Waals surface area contributed by atoms with Gasteiger partial charge in [0.15, 0.2) is 0 Å². The molecule has 0 radical (unpaired) electrons. The van der Waals surface area contributed by atoms with Gasteiger partial charge in [0, 0.05) is 24.2 Å². The number of anilines is 1. The van der Waals surface area contributed by atoms with Crippen molar-refractivity contribution in [3.8, 4) is 0 Å². The average molecular weight is 357 g/mol. The lowest BCUT2D eigenvalue weighted by Crippen LogP contribution is -2.41. The van der Waals surface area contributed by atoms with E-state index in [0.717, 1.165) is 43.9 Å². The van der Waals surface area contributed by atoms with E-state index in [1.54, 1.807) is 17.5 Å². The minimum atomic E-state index is -0.351. The summed E-state index contributed by atoms with van der Waals surface area (Å²) in [7, 11) is 0. The van der Waals surface area contributed by atoms with Gasteiger partial charge in [-0.25, -0.2) is 0 Å². The summed E-state index contributed by atoms with van der Waals surface area (Å²) in [4.78, 5) is 20.6. The Hall–Kier alpha value is -1.76. The van der Waals surface area contributed by atoms with E-state index in [9.17, 15) is 4.79 Å². The summed E-state index contributed by atoms with van der Waals surface area (Å²) >= 11 is 1.80. The topological polar surface area (TPSA) is 54.5 Å². The standard InChI is InChI=1S/C19H23N3O2S/c1-13-16(5-2-7-20-13)21-19(23)17-10-14-6-8-22(12-18(14)24-17)11-15-4-3-9-25-15/h2-5,7,9,14,17-18H,6,8,10-12H2,1H3,(H,21,23)/t14-,17-,18+/m0/s1. The molecule has 3 atom stereocenters. The van der Waals surface area contributed by atoms with Gasteiger partial charge >= 0.3 is 0 Å². The fourth-order valence-electron chi connectivity index (χ4n) is 3.76. The molecule has 1 amide bonds. The Morgan fingerprint density at radius 3 is 3.16 bits per heavy atom. The monoisotopic (exact) mass is 357 g/mol. The zero-order valence-electron chi connectivity index (χ0n) is 14.4. The van der Waals surface area contributed by atoms with Gasteiger partial charge in [-0.15, -0.1) is 11.3 Å². The number of amides is 1. The maximum atomic E-state index is 12.6. The number of nitrogens with one attached hydrogen (secondary N) is 1. The molecule has 4 heterocycles. The van der Waals surface area contributed by atoms with Crippen molar-refractivity contribution in [3.05, 3.63) is 46.4 Å². The Morgan fingerprint density at radius 1 is 1.44 bits per heavy atom. The smallest absolute Gasteiger partial charge is 0.253 e. The van der Waals surface area contributed by atoms with Crippen LogP contribution in [0.1, 0.15) is 23.4 Å². The number of aryl methyl sites for hydroxylation is 1. The zero-order chi connectivity index (χ0) is 17.2. The van der Waals surface area contributed by atoms with Crippen LogP contribution in [0.25, 0.3) is 0 Å². The molecule has 0 saturated carbocycles. The number of thiophene rings is 1. The number of likely N-dealkylation sites (tertiary alicyclic amines) is 1. The second-order valence-corrected chi connectivity index (χ2v) is 7.92. The highest BCUT2D eigenvalue weighted by molar-refractivity contribution is 7.09. The van der Waals surface area contributed by atoms with Crippen molar-refractivity contribution >= 4 is 22.9 Å². The van der Waals surface area contributed by atoms with Gasteiger partial charge in [0.2, 0.25) is 0 Å². The van der Waals surface area contributed by atoms with Crippen LogP contribution in [0.2, 0.25) is 0 Å². The molecule has 1 N–H and O–H groups in total. The first-order valence-corrected chi connectivity index (χ1v) is 9.69. The fourth-order valence-corrected chi connectivity index (χ4v) is 4.51. The van der Waals surface area contributed by atoms with Gasteiger partial charge in [-0.2, -0.15) is 0 Å². The molecular weight excluding hydrogens is 334 g/mol. The highest BCUT2D eigenvalue weighted by Gasteiger charge is 2.41. The molecular formula is C19H23N3O2S. The highest BCUT2D eigenvalue weighted by Crippen LogP contribution is 2.34. The molecule has 0 spiro atoms. The first-order valence-electron chi connectivity index (χ1n) is 8.82. The van der Waals surface area contributed by atoms with Gasteiger partial charge in [-0.05, 0) is 55.8 Å². The molecule has 132 valence electrons. The average Bonchev–Trinajstić information content (AvgIpc) is 3.26. The number of hydrogen-bond donors (Lipinski definition) is 1. The third-order valence-electron chi connectivity index (χ3n) is 5.15. The Labute approximate surface area is 152 Å². The molecule has 2 saturated heterocycles. The van der Waals surface area contributed by atoms with E-state index in [0.29, 0.717) is 5.92 Å². The maximum absolute atomic E-state index is 12.6. The number of piperidine rings is 1. The van der Waals surface area contributed by atoms with E-state index in [-0.39, 0.29) is 18.1 Å². The number of fused-ring (bicyclic) bond motifs is 1. The first-order chi connectivity index (χ1) is 12.2. The Bertz CT molecular complexity index is 734. The predicted octanol–water partition coefficient (Wildman–Crippen LogP) is 3.07. The third kappa shape index (κ3) is 3.76. The van der Waals surface area contributed by atoms with Crippen LogP contribution >= 0.6 is 11.3 Å². The summed E-state index contributed by atoms with van der Waals surface area (Å²) in [6, 6.07) is 7.99. The molecule has 0 aliphatic carbocycles. The maximum Gasteiger partial charge on any atom is 0.253 e. The second kappa shape index (κ2) is 7.23. The lowest BCUT2D eigenvalue weighted by Gasteiger charge is -2.33. The molecule has 4 rings (SSSR count). The number of pyridine rings is 1. The van der Waals surface area contributed by atoms with Gasteiger partial charge < -0.3 is 10.1 Å². The number of ether oxygens (including phenoxy) is 1. The Morgan fingerprint density at radius 2 is 2.36 bits per heavy atom. The second-order valence-electron chi connectivity index (χ2n) is 6.89. The quantitative estimate of drug-likeness (QED) is 0.914. The van der Waals surface area contributed by atoms with Crippen LogP contribution in [-0.4, -0.2) is 41.1 Å². The van der Waals surface area contributed by atoms with Crippen molar-refractivity contribution in [3.63, 3.8) is 0 Å². The van der Waals surface area contributed by atoms with Crippen LogP contribution in [0.5, 0.6) is 0 Å². The van der Waals surface area contributed by atoms with Crippen LogP contribution in [-0.2, 0) is 16.1 Å². The number of carbonyl (C=O) groups excluding carboxylic acids is 1. The number of aromatic nitrogens is 1. The summed E-state index contributed by atoms with van der Waals surface area (Å²) in [6.07, 6.45) is 3.47. The summed E-state index contributed by atoms with van der Waals surface area (Å²) < 4.78 is 6.12. The normalized spacial score (nSPS) is 26.4. The summed E-state index contributed by atoms with van der Waals surface area (Å²) in [5.74, 6) is 0.445. The molecule has 2 aliphatic rings. The number of hydrogen-bond acceptors (Lipinski definition) is 5. The zero-order valence-corrected chi connectivity index (χ0v) is 15.2. The molecule has 0 aromatic carbocycles. The summed E-state index contributed by atoms with van der Waals surface area (Å²) in [5, 5.41) is 5.09. The summed E-state index contributed by atoms with van der Waals surface area (Å²) in [5.41, 5.74) is 1.60. The van der Waals surface area contributed by atoms with Crippen molar-refractivity contribution in [2.75, 3.05) is 18.4 Å². The van der Waals surface area contributed by atoms with E-state index < -0.39 is 0 Å². The molecule has 2 aliphatic heterocycles. The molecule has 2 fully saturated rings. The van der Waals surface area contributed by atoms with E-state index in [1.807, 2.05) is 19.1 Å². The minimum Gasteiger partial charge on any atom is -0.364 e. The van der Waals surface area contributed by atoms with Crippen LogP contribution < -0.4 is 5.32 Å². The Kier molecular flexibility index (Phi) is 4.83. The van der Waals surface area contributed by atoms with Gasteiger partial charge in [-0.1, -0.05) is 6.07 Å². The van der Waals surface area contributed by atoms with Crippen molar-refractivity contribution < 1.29 is 9.53 Å². The van der Waals surface area contributed by atoms with Crippen molar-refractivity contribution in [2.45, 2.75) is 38.5 Å². The third-order valence-corrected chi connectivity index (χ3v) is 6.01. The molecule has 2 aromatic rings. The van der Waals surface area contributed by atoms with Gasteiger partial charge in [0.25, 0.3) is 5.91 Å². The molecule has 5 nitrogen and oxygen atoms in total. The van der Waals surface area contributed by atoms with E-state index in [2.05, 4.69) is 32.7 Å². The van der Waals surface area contributed by atoms with E-state index >= 15 is 0 Å². The van der Waals surface area contributed by atoms with Crippen molar-refractivity contribution in [1.82, 2.24) is 9.88 Å². The van der Waals surface area contributed by atoms with Gasteiger partial charge in [0.1, 0.15) is 6.10 Å². The van der Waals surface area contributed by atoms with Crippen molar-refractivity contribution in [1.29, 1.82) is 0 Å². The van der Waals surface area contributed by atoms with Crippen LogP contribution in [0.15, 0.2) is 35.8 Å². The summed E-state index contributed by atoms with van der Waals surface area (Å²) in [6.45, 7) is 4.88. The first kappa shape index (κ1) is 16.7. The van der Waals surface area contributed by atoms with Crippen LogP contribution in [0, 0.1) is 12.8 Å². The van der Waals surface area contributed by atoms with E-state index in [1.165, 1.54) is 4.88 Å². The number of nitrogens with zero attached hydrogens (tertiary/aromatic N) is 2. The number of carbonyl (C=O) groups is 1. The lowest BCUT2D eigenvalue weighted by atomic mass is 9.91. The lowest BCUT2D eigenvalue weighted by molar-refractivity contribution is -0.127. The number of rotatable bonds is 4. The largest absolute Gasteiger partial charge is 0.364 e. The predicted molar refractivity (Wildman–Crippen MR) is 98.6 cm³/mol. The fraction of sp³-hybridized carbons (Fsp3) is 0.474. The molecule has 0 unspecified atom stereocenters. The van der Waals surface area contributed by atoms with Crippen LogP contribution in [0.3, 0.4) is 0 Å². The van der Waals surface area contributed by atoms with Crippen LogP contribution in [0.4, 0.5) is 5.69 Å². The SMILES string of the molecule is Cc1ncccc1NC(=O)[C@@H]1C[C@@H]2CCN(Cc3cccs3)C[C@H]2O1. The molecule has 0 bridgehead atoms.